The van der Waals surface area contributed by atoms with Gasteiger partial charge in [-0.1, -0.05) is 44.0 Å². The monoisotopic (exact) mass is 492 g/mol. The predicted octanol–water partition coefficient (Wildman–Crippen LogP) is 9.11. The fourth-order valence-electron chi connectivity index (χ4n) is 4.91. The van der Waals surface area contributed by atoms with Crippen molar-refractivity contribution in [1.82, 2.24) is 0 Å². The van der Waals surface area contributed by atoms with Crippen LogP contribution in [0.5, 0.6) is 5.75 Å². The number of benzene rings is 3. The van der Waals surface area contributed by atoms with Crippen molar-refractivity contribution in [2.24, 2.45) is 5.92 Å². The van der Waals surface area contributed by atoms with Gasteiger partial charge in [-0.15, -0.1) is 0 Å². The Morgan fingerprint density at radius 1 is 0.829 bits per heavy atom. The molecule has 0 spiro atoms. The van der Waals surface area contributed by atoms with Crippen LogP contribution in [0.1, 0.15) is 62.5 Å². The number of hydrogen-bond acceptors (Lipinski definition) is 1. The topological polar surface area (TPSA) is 9.23 Å². The minimum atomic E-state index is -4.06. The Morgan fingerprint density at radius 2 is 1.49 bits per heavy atom. The maximum Gasteiger partial charge on any atom is 0.429 e. The maximum atomic E-state index is 15.1. The molecule has 186 valence electrons. The van der Waals surface area contributed by atoms with Crippen molar-refractivity contribution in [2.75, 3.05) is 0 Å². The molecule has 0 aromatic heterocycles. The SMILES string of the molecule is CCCC1CCC(c2ccc(C(F)(F)Oc3ccccc3-c3cc(F)c(F)c(F)c3)c(F)c2)CC1. The van der Waals surface area contributed by atoms with Crippen LogP contribution in [0.25, 0.3) is 11.1 Å². The van der Waals surface area contributed by atoms with E-state index in [9.17, 15) is 17.6 Å². The van der Waals surface area contributed by atoms with Crippen LogP contribution < -0.4 is 4.74 Å². The lowest BCUT2D eigenvalue weighted by Gasteiger charge is -2.29. The van der Waals surface area contributed by atoms with Crippen molar-refractivity contribution < 1.29 is 31.1 Å². The molecule has 0 aliphatic heterocycles. The Labute approximate surface area is 200 Å². The van der Waals surface area contributed by atoms with Crippen LogP contribution in [0.15, 0.2) is 54.6 Å². The molecule has 0 N–H and O–H groups in total. The molecule has 4 rings (SSSR count). The summed E-state index contributed by atoms with van der Waals surface area (Å²) in [6.45, 7) is 2.15. The lowest BCUT2D eigenvalue weighted by atomic mass is 9.77. The fourth-order valence-corrected chi connectivity index (χ4v) is 4.91. The van der Waals surface area contributed by atoms with Crippen LogP contribution in [-0.2, 0) is 6.11 Å². The van der Waals surface area contributed by atoms with Crippen LogP contribution >= 0.6 is 0 Å². The minimum Gasteiger partial charge on any atom is -0.428 e. The third-order valence-corrected chi connectivity index (χ3v) is 6.74. The van der Waals surface area contributed by atoms with Gasteiger partial charge < -0.3 is 4.74 Å². The molecule has 1 aliphatic carbocycles. The van der Waals surface area contributed by atoms with E-state index in [0.717, 1.165) is 44.2 Å². The molecule has 1 nitrogen and oxygen atoms in total. The van der Waals surface area contributed by atoms with Gasteiger partial charge in [0.2, 0.25) is 0 Å². The lowest BCUT2D eigenvalue weighted by Crippen LogP contribution is -2.24. The van der Waals surface area contributed by atoms with E-state index in [-0.39, 0.29) is 17.0 Å². The zero-order valence-electron chi connectivity index (χ0n) is 19.3. The first-order valence-corrected chi connectivity index (χ1v) is 11.8. The molecule has 1 saturated carbocycles. The highest BCUT2D eigenvalue weighted by atomic mass is 19.3. The number of rotatable bonds is 7. The zero-order valence-corrected chi connectivity index (χ0v) is 19.3. The molecule has 0 atom stereocenters. The molecule has 0 heterocycles. The molecule has 7 heteroatoms. The second kappa shape index (κ2) is 10.3. The number of alkyl halides is 2. The Bertz CT molecular complexity index is 1160. The lowest BCUT2D eigenvalue weighted by molar-refractivity contribution is -0.187. The average molecular weight is 493 g/mol. The van der Waals surface area contributed by atoms with E-state index in [1.165, 1.54) is 36.8 Å². The highest BCUT2D eigenvalue weighted by molar-refractivity contribution is 5.70. The van der Waals surface area contributed by atoms with E-state index in [2.05, 4.69) is 6.92 Å². The van der Waals surface area contributed by atoms with Crippen molar-refractivity contribution in [2.45, 2.75) is 57.5 Å². The Balaban J connectivity index is 1.57. The average Bonchev–Trinajstić information content (AvgIpc) is 2.83. The molecule has 3 aromatic carbocycles. The van der Waals surface area contributed by atoms with Crippen molar-refractivity contribution in [3.63, 3.8) is 0 Å². The summed E-state index contributed by atoms with van der Waals surface area (Å²) in [5.74, 6) is -5.32. The summed E-state index contributed by atoms with van der Waals surface area (Å²) < 4.78 is 90.6. The van der Waals surface area contributed by atoms with Gasteiger partial charge in [-0.2, -0.15) is 8.78 Å². The number of ether oxygens (including phenoxy) is 1. The minimum absolute atomic E-state index is 0.0918. The van der Waals surface area contributed by atoms with Gasteiger partial charge in [0.05, 0.1) is 5.56 Å². The predicted molar refractivity (Wildman–Crippen MR) is 122 cm³/mol. The molecule has 1 fully saturated rings. The number of halogens is 6. The van der Waals surface area contributed by atoms with Crippen LogP contribution in [0.3, 0.4) is 0 Å². The zero-order chi connectivity index (χ0) is 25.2. The van der Waals surface area contributed by atoms with E-state index >= 15 is 8.78 Å². The molecule has 0 saturated heterocycles. The first kappa shape index (κ1) is 25.1. The normalized spacial score (nSPS) is 18.5. The molecule has 0 unspecified atom stereocenters. The van der Waals surface area contributed by atoms with Crippen LogP contribution in [0.4, 0.5) is 26.3 Å². The van der Waals surface area contributed by atoms with Gasteiger partial charge in [0, 0.05) is 5.56 Å². The molecule has 35 heavy (non-hydrogen) atoms. The summed E-state index contributed by atoms with van der Waals surface area (Å²) in [7, 11) is 0. The highest BCUT2D eigenvalue weighted by Gasteiger charge is 2.39. The third kappa shape index (κ3) is 5.49. The summed E-state index contributed by atoms with van der Waals surface area (Å²) in [6, 6.07) is 10.4. The van der Waals surface area contributed by atoms with E-state index in [4.69, 9.17) is 4.74 Å². The molecular weight excluding hydrogens is 466 g/mol. The van der Waals surface area contributed by atoms with E-state index in [0.29, 0.717) is 23.6 Å². The molecule has 0 bridgehead atoms. The molecule has 3 aromatic rings. The Kier molecular flexibility index (Phi) is 7.43. The van der Waals surface area contributed by atoms with E-state index in [1.54, 1.807) is 0 Å². The first-order chi connectivity index (χ1) is 16.7. The van der Waals surface area contributed by atoms with E-state index < -0.39 is 40.7 Å². The quantitative estimate of drug-likeness (QED) is 0.236. The summed E-state index contributed by atoms with van der Waals surface area (Å²) in [4.78, 5) is 0. The second-order valence-electron chi connectivity index (χ2n) is 9.11. The van der Waals surface area contributed by atoms with Gasteiger partial charge in [-0.05, 0) is 79.0 Å². The van der Waals surface area contributed by atoms with Crippen molar-refractivity contribution >= 4 is 0 Å². The number of para-hydroxylation sites is 1. The van der Waals surface area contributed by atoms with Crippen molar-refractivity contribution in [1.29, 1.82) is 0 Å². The molecule has 1 aliphatic rings. The molecular formula is C28H26F6O. The Hall–Kier alpha value is -2.96. The van der Waals surface area contributed by atoms with E-state index in [1.807, 2.05) is 0 Å². The summed E-state index contributed by atoms with van der Waals surface area (Å²) in [5, 5.41) is 0. The second-order valence-corrected chi connectivity index (χ2v) is 9.11. The first-order valence-electron chi connectivity index (χ1n) is 11.8. The molecule has 0 amide bonds. The standard InChI is InChI=1S/C28H26F6O/c1-2-5-17-8-10-18(11-9-17)19-12-13-22(23(29)14-19)28(33,34)35-26-7-4-3-6-21(26)20-15-24(30)27(32)25(31)16-20/h3-4,6-7,12-18H,2,5,8-11H2,1H3. The van der Waals surface area contributed by atoms with Crippen LogP contribution in [0, 0.1) is 29.2 Å². The Morgan fingerprint density at radius 3 is 2.11 bits per heavy atom. The molecule has 0 radical (unpaired) electrons. The van der Waals surface area contributed by atoms with Gasteiger partial charge in [-0.3, -0.25) is 0 Å². The van der Waals surface area contributed by atoms with Gasteiger partial charge in [0.1, 0.15) is 11.6 Å². The van der Waals surface area contributed by atoms with Gasteiger partial charge in [0.25, 0.3) is 0 Å². The van der Waals surface area contributed by atoms with Gasteiger partial charge >= 0.3 is 6.11 Å². The smallest absolute Gasteiger partial charge is 0.428 e. The van der Waals surface area contributed by atoms with Crippen molar-refractivity contribution in [3.8, 4) is 16.9 Å². The van der Waals surface area contributed by atoms with Gasteiger partial charge in [0.15, 0.2) is 17.5 Å². The highest BCUT2D eigenvalue weighted by Crippen LogP contribution is 2.41. The third-order valence-electron chi connectivity index (χ3n) is 6.74. The van der Waals surface area contributed by atoms with Crippen LogP contribution in [-0.4, -0.2) is 0 Å². The summed E-state index contributed by atoms with van der Waals surface area (Å²) in [6.07, 6.45) is 2.12. The number of hydrogen-bond donors (Lipinski definition) is 0. The fraction of sp³-hybridized carbons (Fsp3) is 0.357. The van der Waals surface area contributed by atoms with Gasteiger partial charge in [-0.25, -0.2) is 17.6 Å². The maximum absolute atomic E-state index is 15.1. The van der Waals surface area contributed by atoms with Crippen molar-refractivity contribution in [3.05, 3.63) is 89.0 Å². The van der Waals surface area contributed by atoms with Crippen LogP contribution in [0.2, 0.25) is 0 Å². The summed E-state index contributed by atoms with van der Waals surface area (Å²) in [5.41, 5.74) is -0.532. The largest absolute Gasteiger partial charge is 0.429 e. The summed E-state index contributed by atoms with van der Waals surface area (Å²) >= 11 is 0.